The van der Waals surface area contributed by atoms with Crippen LogP contribution in [0.1, 0.15) is 53.2 Å². The van der Waals surface area contributed by atoms with E-state index < -0.39 is 47.3 Å². The molecule has 1 heterocycles. The predicted octanol–water partition coefficient (Wildman–Crippen LogP) is 6.23. The van der Waals surface area contributed by atoms with Crippen molar-refractivity contribution >= 4 is 5.91 Å². The SMILES string of the molecule is C[C@@H](NC(=O)c1cc(-c2ccc(F)cc2F)cc(C(O)C(F)(F)F)c1)c1ccc(C(C)(F)F)cn1. The molecule has 0 aliphatic heterocycles. The molecule has 1 unspecified atom stereocenters. The molecule has 35 heavy (non-hydrogen) atoms. The number of carbonyl (C=O) groups is 1. The van der Waals surface area contributed by atoms with Crippen molar-refractivity contribution in [2.24, 2.45) is 0 Å². The Labute approximate surface area is 195 Å². The number of hydrogen-bond donors (Lipinski definition) is 2. The summed E-state index contributed by atoms with van der Waals surface area (Å²) in [6.07, 6.45) is -7.11. The number of aliphatic hydroxyl groups is 1. The molecule has 2 atom stereocenters. The first kappa shape index (κ1) is 26.1. The van der Waals surface area contributed by atoms with Crippen molar-refractivity contribution in [3.63, 3.8) is 0 Å². The van der Waals surface area contributed by atoms with Gasteiger partial charge in [0, 0.05) is 35.9 Å². The Bertz CT molecular complexity index is 1220. The highest BCUT2D eigenvalue weighted by atomic mass is 19.4. The normalized spacial score (nSPS) is 13.9. The maximum absolute atomic E-state index is 14.3. The van der Waals surface area contributed by atoms with E-state index in [1.54, 1.807) is 0 Å². The third-order valence-electron chi connectivity index (χ3n) is 5.17. The molecule has 1 aromatic heterocycles. The van der Waals surface area contributed by atoms with Crippen molar-refractivity contribution < 1.29 is 40.6 Å². The fourth-order valence-electron chi connectivity index (χ4n) is 3.28. The summed E-state index contributed by atoms with van der Waals surface area (Å²) in [6.45, 7) is 2.16. The standard InChI is InChI=1S/C24H19F7N2O2/c1-12(20-6-3-16(11-32-20)23(2,27)28)33-22(35)15-8-13(18-5-4-17(25)10-19(18)26)7-14(9-15)21(34)24(29,30)31/h3-12,21,34H,1-2H3,(H,33,35)/t12-,21?/m1/s1. The summed E-state index contributed by atoms with van der Waals surface area (Å²) in [4.78, 5) is 16.7. The fourth-order valence-corrected chi connectivity index (χ4v) is 3.28. The van der Waals surface area contributed by atoms with Gasteiger partial charge in [0.15, 0.2) is 6.10 Å². The van der Waals surface area contributed by atoms with Crippen molar-refractivity contribution in [3.05, 3.63) is 88.7 Å². The lowest BCUT2D eigenvalue weighted by molar-refractivity contribution is -0.206. The number of hydrogen-bond acceptors (Lipinski definition) is 3. The Kier molecular flexibility index (Phi) is 7.21. The largest absolute Gasteiger partial charge is 0.418 e. The van der Waals surface area contributed by atoms with E-state index >= 15 is 0 Å². The molecule has 0 saturated carbocycles. The minimum Gasteiger partial charge on any atom is -0.379 e. The van der Waals surface area contributed by atoms with Gasteiger partial charge < -0.3 is 10.4 Å². The van der Waals surface area contributed by atoms with Crippen LogP contribution in [-0.4, -0.2) is 22.2 Å². The highest BCUT2D eigenvalue weighted by molar-refractivity contribution is 5.96. The van der Waals surface area contributed by atoms with E-state index in [0.717, 1.165) is 42.6 Å². The smallest absolute Gasteiger partial charge is 0.379 e. The number of halogens is 7. The number of pyridine rings is 1. The van der Waals surface area contributed by atoms with Gasteiger partial charge in [-0.2, -0.15) is 13.2 Å². The topological polar surface area (TPSA) is 62.2 Å². The van der Waals surface area contributed by atoms with Crippen LogP contribution < -0.4 is 5.32 Å². The van der Waals surface area contributed by atoms with Crippen LogP contribution in [0.25, 0.3) is 11.1 Å². The summed E-state index contributed by atoms with van der Waals surface area (Å²) >= 11 is 0. The molecule has 0 aliphatic rings. The van der Waals surface area contributed by atoms with Gasteiger partial charge in [-0.25, -0.2) is 17.6 Å². The van der Waals surface area contributed by atoms with Gasteiger partial charge >= 0.3 is 6.18 Å². The molecular weight excluding hydrogens is 481 g/mol. The van der Waals surface area contributed by atoms with Gasteiger partial charge in [0.1, 0.15) is 11.6 Å². The summed E-state index contributed by atoms with van der Waals surface area (Å²) in [5.74, 6) is -6.02. The van der Waals surface area contributed by atoms with Crippen LogP contribution in [0.3, 0.4) is 0 Å². The van der Waals surface area contributed by atoms with Gasteiger partial charge in [-0.15, -0.1) is 0 Å². The van der Waals surface area contributed by atoms with Crippen LogP contribution in [0.2, 0.25) is 0 Å². The summed E-state index contributed by atoms with van der Waals surface area (Å²) in [7, 11) is 0. The Balaban J connectivity index is 1.97. The molecule has 11 heteroatoms. The minimum absolute atomic E-state index is 0.197. The van der Waals surface area contributed by atoms with E-state index in [2.05, 4.69) is 10.3 Å². The van der Waals surface area contributed by atoms with Crippen molar-refractivity contribution in [2.45, 2.75) is 38.1 Å². The van der Waals surface area contributed by atoms with Crippen LogP contribution in [-0.2, 0) is 5.92 Å². The van der Waals surface area contributed by atoms with Crippen molar-refractivity contribution in [1.82, 2.24) is 10.3 Å². The van der Waals surface area contributed by atoms with Crippen LogP contribution >= 0.6 is 0 Å². The monoisotopic (exact) mass is 500 g/mol. The molecular formula is C24H19F7N2O2. The van der Waals surface area contributed by atoms with E-state index in [0.29, 0.717) is 13.0 Å². The van der Waals surface area contributed by atoms with Gasteiger partial charge in [-0.05, 0) is 60.5 Å². The average Bonchev–Trinajstić information content (AvgIpc) is 2.77. The van der Waals surface area contributed by atoms with Gasteiger partial charge in [-0.3, -0.25) is 9.78 Å². The second kappa shape index (κ2) is 9.65. The van der Waals surface area contributed by atoms with Crippen molar-refractivity contribution in [2.75, 3.05) is 0 Å². The lowest BCUT2D eigenvalue weighted by Crippen LogP contribution is -2.28. The molecule has 2 aromatic carbocycles. The number of carbonyl (C=O) groups excluding carboxylic acids is 1. The summed E-state index contributed by atoms with van der Waals surface area (Å²) < 4.78 is 93.8. The highest BCUT2D eigenvalue weighted by Crippen LogP contribution is 2.36. The van der Waals surface area contributed by atoms with Crippen LogP contribution in [0.15, 0.2) is 54.7 Å². The molecule has 0 fully saturated rings. The summed E-state index contributed by atoms with van der Waals surface area (Å²) in [5, 5.41) is 12.2. The summed E-state index contributed by atoms with van der Waals surface area (Å²) in [5.41, 5.74) is -1.73. The van der Waals surface area contributed by atoms with Gasteiger partial charge in [0.05, 0.1) is 11.7 Å². The Morgan fingerprint density at radius 2 is 1.69 bits per heavy atom. The fraction of sp³-hybridized carbons (Fsp3) is 0.250. The quantitative estimate of drug-likeness (QED) is 0.395. The Hall–Kier alpha value is -3.47. The lowest BCUT2D eigenvalue weighted by Gasteiger charge is -2.19. The first-order valence-corrected chi connectivity index (χ1v) is 10.2. The maximum Gasteiger partial charge on any atom is 0.418 e. The number of aliphatic hydroxyl groups excluding tert-OH is 1. The zero-order valence-corrected chi connectivity index (χ0v) is 18.3. The number of nitrogens with zero attached hydrogens (tertiary/aromatic N) is 1. The number of aromatic nitrogens is 1. The van der Waals surface area contributed by atoms with E-state index in [1.807, 2.05) is 0 Å². The number of benzene rings is 2. The Morgan fingerprint density at radius 3 is 2.23 bits per heavy atom. The number of rotatable bonds is 6. The molecule has 2 N–H and O–H groups in total. The molecule has 0 bridgehead atoms. The molecule has 3 rings (SSSR count). The maximum atomic E-state index is 14.3. The highest BCUT2D eigenvalue weighted by Gasteiger charge is 2.40. The third-order valence-corrected chi connectivity index (χ3v) is 5.17. The molecule has 0 radical (unpaired) electrons. The van der Waals surface area contributed by atoms with Gasteiger partial charge in [0.2, 0.25) is 0 Å². The van der Waals surface area contributed by atoms with Crippen molar-refractivity contribution in [3.8, 4) is 11.1 Å². The van der Waals surface area contributed by atoms with E-state index in [1.165, 1.54) is 13.0 Å². The Morgan fingerprint density at radius 1 is 1.00 bits per heavy atom. The zero-order chi connectivity index (χ0) is 26.1. The van der Waals surface area contributed by atoms with E-state index in [-0.39, 0.29) is 27.9 Å². The predicted molar refractivity (Wildman–Crippen MR) is 112 cm³/mol. The second-order valence-electron chi connectivity index (χ2n) is 7.97. The number of nitrogens with one attached hydrogen (secondary N) is 1. The second-order valence-corrected chi connectivity index (χ2v) is 7.97. The first-order valence-electron chi connectivity index (χ1n) is 10.2. The van der Waals surface area contributed by atoms with E-state index in [9.17, 15) is 40.6 Å². The average molecular weight is 500 g/mol. The first-order chi connectivity index (χ1) is 16.2. The molecule has 0 spiro atoms. The lowest BCUT2D eigenvalue weighted by atomic mass is 9.96. The van der Waals surface area contributed by atoms with Crippen LogP contribution in [0.5, 0.6) is 0 Å². The molecule has 0 aliphatic carbocycles. The number of alkyl halides is 5. The van der Waals surface area contributed by atoms with E-state index in [4.69, 9.17) is 0 Å². The van der Waals surface area contributed by atoms with Gasteiger partial charge in [0.25, 0.3) is 11.8 Å². The molecule has 186 valence electrons. The number of amides is 1. The molecule has 0 saturated heterocycles. The molecule has 3 aromatic rings. The molecule has 4 nitrogen and oxygen atoms in total. The third kappa shape index (κ3) is 6.16. The zero-order valence-electron chi connectivity index (χ0n) is 18.3. The minimum atomic E-state index is -5.08. The van der Waals surface area contributed by atoms with Crippen molar-refractivity contribution in [1.29, 1.82) is 0 Å². The summed E-state index contributed by atoms with van der Waals surface area (Å²) in [6, 6.07) is 6.67. The van der Waals surface area contributed by atoms with Gasteiger partial charge in [-0.1, -0.05) is 0 Å². The van der Waals surface area contributed by atoms with Crippen LogP contribution in [0.4, 0.5) is 30.7 Å². The molecule has 1 amide bonds. The van der Waals surface area contributed by atoms with Crippen LogP contribution in [0, 0.1) is 11.6 Å².